The van der Waals surface area contributed by atoms with E-state index in [1.54, 1.807) is 11.3 Å². The van der Waals surface area contributed by atoms with Crippen molar-refractivity contribution in [1.82, 2.24) is 15.2 Å². The van der Waals surface area contributed by atoms with E-state index in [1.807, 2.05) is 0 Å². The van der Waals surface area contributed by atoms with Crippen LogP contribution in [0.3, 0.4) is 0 Å². The first-order chi connectivity index (χ1) is 9.61. The summed E-state index contributed by atoms with van der Waals surface area (Å²) in [6.07, 6.45) is 2.39. The van der Waals surface area contributed by atoms with E-state index in [4.69, 9.17) is 4.98 Å². The summed E-state index contributed by atoms with van der Waals surface area (Å²) in [6, 6.07) is 0.894. The largest absolute Gasteiger partial charge is 0.344 e. The molecule has 4 nitrogen and oxygen atoms in total. The van der Waals surface area contributed by atoms with Gasteiger partial charge in [-0.15, -0.1) is 11.3 Å². The van der Waals surface area contributed by atoms with Gasteiger partial charge >= 0.3 is 0 Å². The number of aromatic nitrogens is 1. The fourth-order valence-corrected chi connectivity index (χ4v) is 3.78. The summed E-state index contributed by atoms with van der Waals surface area (Å²) in [6.45, 7) is 11.2. The smallest absolute Gasteiger partial charge is 0.185 e. The molecule has 1 aliphatic rings. The van der Waals surface area contributed by atoms with Crippen molar-refractivity contribution in [2.24, 2.45) is 0 Å². The third-order valence-corrected chi connectivity index (χ3v) is 4.84. The van der Waals surface area contributed by atoms with Gasteiger partial charge in [0.05, 0.1) is 5.69 Å². The number of anilines is 1. The minimum Gasteiger partial charge on any atom is -0.344 e. The third kappa shape index (κ3) is 3.93. The standard InChI is InChI=1S/C15H28N4S/c1-5-7-16-13(3)14-11-20-15(17-14)19-9-6-8-18(4)10-12(19)2/h11-13,16H,5-10H2,1-4H3. The highest BCUT2D eigenvalue weighted by atomic mass is 32.1. The van der Waals surface area contributed by atoms with Crippen LogP contribution in [0.4, 0.5) is 5.13 Å². The van der Waals surface area contributed by atoms with Crippen molar-refractivity contribution in [2.75, 3.05) is 38.1 Å². The Morgan fingerprint density at radius 1 is 1.50 bits per heavy atom. The molecule has 0 bridgehead atoms. The Kier molecular flexibility index (Phi) is 5.81. The van der Waals surface area contributed by atoms with Crippen LogP contribution in [-0.4, -0.2) is 49.2 Å². The zero-order chi connectivity index (χ0) is 14.5. The molecular formula is C15H28N4S. The van der Waals surface area contributed by atoms with Crippen molar-refractivity contribution in [1.29, 1.82) is 0 Å². The van der Waals surface area contributed by atoms with Gasteiger partial charge in [0.1, 0.15) is 0 Å². The minimum absolute atomic E-state index is 0.352. The van der Waals surface area contributed by atoms with Crippen LogP contribution in [0.15, 0.2) is 5.38 Å². The van der Waals surface area contributed by atoms with E-state index in [-0.39, 0.29) is 0 Å². The molecule has 1 saturated heterocycles. The fraction of sp³-hybridized carbons (Fsp3) is 0.800. The summed E-state index contributed by atoms with van der Waals surface area (Å²) in [7, 11) is 2.21. The van der Waals surface area contributed by atoms with E-state index in [0.29, 0.717) is 12.1 Å². The highest BCUT2D eigenvalue weighted by Crippen LogP contribution is 2.27. The molecule has 1 aromatic heterocycles. The first-order valence-corrected chi connectivity index (χ1v) is 8.63. The molecule has 1 N–H and O–H groups in total. The molecule has 5 heteroatoms. The highest BCUT2D eigenvalue weighted by molar-refractivity contribution is 7.13. The maximum Gasteiger partial charge on any atom is 0.185 e. The SMILES string of the molecule is CCCNC(C)c1csc(N2CCCN(C)CC2C)n1. The second-order valence-corrected chi connectivity index (χ2v) is 6.73. The lowest BCUT2D eigenvalue weighted by atomic mass is 10.2. The van der Waals surface area contributed by atoms with Crippen LogP contribution in [0.5, 0.6) is 0 Å². The Hall–Kier alpha value is -0.650. The predicted octanol–water partition coefficient (Wildman–Crippen LogP) is 2.73. The molecule has 1 aliphatic heterocycles. The van der Waals surface area contributed by atoms with Gasteiger partial charge in [0.25, 0.3) is 0 Å². The lowest BCUT2D eigenvalue weighted by molar-refractivity contribution is 0.337. The number of nitrogens with zero attached hydrogens (tertiary/aromatic N) is 3. The zero-order valence-electron chi connectivity index (χ0n) is 13.2. The van der Waals surface area contributed by atoms with Crippen molar-refractivity contribution in [3.8, 4) is 0 Å². The van der Waals surface area contributed by atoms with Crippen molar-refractivity contribution in [3.05, 3.63) is 11.1 Å². The van der Waals surface area contributed by atoms with E-state index in [1.165, 1.54) is 23.8 Å². The van der Waals surface area contributed by atoms with Gasteiger partial charge in [-0.1, -0.05) is 6.92 Å². The Morgan fingerprint density at radius 2 is 2.30 bits per heavy atom. The number of hydrogen-bond donors (Lipinski definition) is 1. The summed E-state index contributed by atoms with van der Waals surface area (Å²) < 4.78 is 0. The molecule has 1 fully saturated rings. The van der Waals surface area contributed by atoms with Gasteiger partial charge < -0.3 is 15.1 Å². The fourth-order valence-electron chi connectivity index (χ4n) is 2.73. The molecule has 2 heterocycles. The molecule has 0 saturated carbocycles. The lowest BCUT2D eigenvalue weighted by Crippen LogP contribution is -2.37. The molecule has 0 radical (unpaired) electrons. The number of likely N-dealkylation sites (N-methyl/N-ethyl adjacent to an activating group) is 1. The van der Waals surface area contributed by atoms with Crippen molar-refractivity contribution >= 4 is 16.5 Å². The molecule has 114 valence electrons. The summed E-state index contributed by atoms with van der Waals surface area (Å²) in [4.78, 5) is 9.76. The van der Waals surface area contributed by atoms with Crippen LogP contribution in [0.2, 0.25) is 0 Å². The van der Waals surface area contributed by atoms with Crippen LogP contribution in [-0.2, 0) is 0 Å². The second kappa shape index (κ2) is 7.38. The second-order valence-electron chi connectivity index (χ2n) is 5.89. The van der Waals surface area contributed by atoms with Crippen LogP contribution in [0.25, 0.3) is 0 Å². The lowest BCUT2D eigenvalue weighted by Gasteiger charge is -2.27. The maximum atomic E-state index is 4.87. The van der Waals surface area contributed by atoms with Crippen LogP contribution < -0.4 is 10.2 Å². The average Bonchev–Trinajstić information content (AvgIpc) is 2.83. The Morgan fingerprint density at radius 3 is 3.05 bits per heavy atom. The van der Waals surface area contributed by atoms with Gasteiger partial charge in [-0.05, 0) is 46.8 Å². The molecule has 20 heavy (non-hydrogen) atoms. The number of thiazole rings is 1. The third-order valence-electron chi connectivity index (χ3n) is 3.95. The first kappa shape index (κ1) is 15.7. The van der Waals surface area contributed by atoms with Gasteiger partial charge in [-0.2, -0.15) is 0 Å². The molecule has 1 aromatic rings. The minimum atomic E-state index is 0.352. The summed E-state index contributed by atoms with van der Waals surface area (Å²) in [5.41, 5.74) is 1.18. The quantitative estimate of drug-likeness (QED) is 0.905. The van der Waals surface area contributed by atoms with Gasteiger partial charge in [-0.25, -0.2) is 4.98 Å². The molecule has 2 unspecified atom stereocenters. The topological polar surface area (TPSA) is 31.4 Å². The zero-order valence-corrected chi connectivity index (χ0v) is 14.0. The Bertz CT molecular complexity index is 406. The summed E-state index contributed by atoms with van der Waals surface area (Å²) in [5, 5.41) is 6.91. The van der Waals surface area contributed by atoms with E-state index in [0.717, 1.165) is 26.1 Å². The maximum absolute atomic E-state index is 4.87. The first-order valence-electron chi connectivity index (χ1n) is 7.75. The number of hydrogen-bond acceptors (Lipinski definition) is 5. The predicted molar refractivity (Wildman–Crippen MR) is 87.7 cm³/mol. The van der Waals surface area contributed by atoms with E-state index in [9.17, 15) is 0 Å². The number of nitrogens with one attached hydrogen (secondary N) is 1. The van der Waals surface area contributed by atoms with E-state index < -0.39 is 0 Å². The molecule has 2 atom stereocenters. The van der Waals surface area contributed by atoms with Gasteiger partial charge in [0.2, 0.25) is 0 Å². The van der Waals surface area contributed by atoms with Crippen molar-refractivity contribution < 1.29 is 0 Å². The van der Waals surface area contributed by atoms with Crippen LogP contribution >= 0.6 is 11.3 Å². The average molecular weight is 296 g/mol. The number of rotatable bonds is 5. The molecule has 0 spiro atoms. The van der Waals surface area contributed by atoms with Crippen molar-refractivity contribution in [3.63, 3.8) is 0 Å². The van der Waals surface area contributed by atoms with E-state index >= 15 is 0 Å². The molecule has 0 aromatic carbocycles. The summed E-state index contributed by atoms with van der Waals surface area (Å²) >= 11 is 1.79. The monoisotopic (exact) mass is 296 g/mol. The Labute approximate surface area is 127 Å². The highest BCUT2D eigenvalue weighted by Gasteiger charge is 2.22. The van der Waals surface area contributed by atoms with Gasteiger partial charge in [-0.3, -0.25) is 0 Å². The normalized spacial score (nSPS) is 22.8. The Balaban J connectivity index is 2.03. The van der Waals surface area contributed by atoms with Crippen LogP contribution in [0.1, 0.15) is 45.3 Å². The molecule has 2 rings (SSSR count). The summed E-state index contributed by atoms with van der Waals surface area (Å²) in [5.74, 6) is 0. The molecule has 0 aliphatic carbocycles. The van der Waals surface area contributed by atoms with Crippen LogP contribution in [0, 0.1) is 0 Å². The van der Waals surface area contributed by atoms with Gasteiger partial charge in [0.15, 0.2) is 5.13 Å². The van der Waals surface area contributed by atoms with E-state index in [2.05, 4.69) is 48.3 Å². The van der Waals surface area contributed by atoms with Crippen molar-refractivity contribution in [2.45, 2.75) is 45.7 Å². The van der Waals surface area contributed by atoms with Gasteiger partial charge in [0, 0.05) is 30.6 Å². The molecule has 0 amide bonds. The molecular weight excluding hydrogens is 268 g/mol.